The Bertz CT molecular complexity index is 718. The predicted octanol–water partition coefficient (Wildman–Crippen LogP) is 2.30. The maximum absolute atomic E-state index is 11.1. The highest BCUT2D eigenvalue weighted by Gasteiger charge is 2.06. The normalized spacial score (nSPS) is 11.9. The van der Waals surface area contributed by atoms with Crippen molar-refractivity contribution in [2.45, 2.75) is 18.2 Å². The van der Waals surface area contributed by atoms with Crippen LogP contribution in [-0.2, 0) is 16.4 Å². The van der Waals surface area contributed by atoms with Crippen LogP contribution in [0.25, 0.3) is 0 Å². The summed E-state index contributed by atoms with van der Waals surface area (Å²) in [6.45, 7) is 2.70. The number of aliphatic imine (C=N–C) groups is 1. The van der Waals surface area contributed by atoms with Crippen LogP contribution in [-0.4, -0.2) is 21.2 Å². The molecule has 0 bridgehead atoms. The van der Waals surface area contributed by atoms with Gasteiger partial charge >= 0.3 is 0 Å². The Balaban J connectivity index is 1.90. The highest BCUT2D eigenvalue weighted by molar-refractivity contribution is 7.89. The van der Waals surface area contributed by atoms with Crippen LogP contribution in [0.4, 0.5) is 0 Å². The van der Waals surface area contributed by atoms with E-state index >= 15 is 0 Å². The molecule has 21 heavy (non-hydrogen) atoms. The number of hydrogen-bond donors (Lipinski definition) is 1. The molecule has 0 saturated heterocycles. The zero-order chi connectivity index (χ0) is 15.3. The number of nitrogens with two attached hydrogens (primary N) is 1. The van der Waals surface area contributed by atoms with Crippen molar-refractivity contribution in [3.8, 4) is 0 Å². The first-order valence-electron chi connectivity index (χ1n) is 6.63. The summed E-state index contributed by atoms with van der Waals surface area (Å²) in [6.07, 6.45) is 2.60. The van der Waals surface area contributed by atoms with Crippen LogP contribution in [0.1, 0.15) is 16.7 Å². The van der Waals surface area contributed by atoms with Gasteiger partial charge in [0.15, 0.2) is 0 Å². The monoisotopic (exact) mass is 302 g/mol. The lowest BCUT2D eigenvalue weighted by Crippen LogP contribution is -2.11. The number of primary sulfonamides is 1. The molecule has 0 radical (unpaired) electrons. The van der Waals surface area contributed by atoms with Crippen LogP contribution in [0.2, 0.25) is 0 Å². The van der Waals surface area contributed by atoms with E-state index in [4.69, 9.17) is 5.14 Å². The van der Waals surface area contributed by atoms with Crippen LogP contribution in [0.3, 0.4) is 0 Å². The molecule has 0 aromatic heterocycles. The zero-order valence-electron chi connectivity index (χ0n) is 11.9. The maximum Gasteiger partial charge on any atom is 0.238 e. The second kappa shape index (κ2) is 6.65. The quantitative estimate of drug-likeness (QED) is 0.861. The third-order valence-corrected chi connectivity index (χ3v) is 4.03. The number of benzene rings is 2. The third-order valence-electron chi connectivity index (χ3n) is 3.10. The number of rotatable bonds is 5. The third kappa shape index (κ3) is 4.81. The fraction of sp³-hybridized carbons (Fsp3) is 0.188. The van der Waals surface area contributed by atoms with Gasteiger partial charge in [0.05, 0.1) is 4.90 Å². The average Bonchev–Trinajstić information content (AvgIpc) is 2.45. The molecule has 0 amide bonds. The van der Waals surface area contributed by atoms with Crippen molar-refractivity contribution in [3.63, 3.8) is 0 Å². The molecule has 0 heterocycles. The molecule has 2 aromatic carbocycles. The van der Waals surface area contributed by atoms with Gasteiger partial charge in [-0.15, -0.1) is 0 Å². The Labute approximate surface area is 125 Å². The first-order chi connectivity index (χ1) is 9.95. The van der Waals surface area contributed by atoms with E-state index in [9.17, 15) is 8.42 Å². The molecule has 5 heteroatoms. The summed E-state index contributed by atoms with van der Waals surface area (Å²) < 4.78 is 22.3. The molecule has 0 aliphatic carbocycles. The van der Waals surface area contributed by atoms with E-state index in [0.717, 1.165) is 17.5 Å². The van der Waals surface area contributed by atoms with Crippen molar-refractivity contribution in [2.24, 2.45) is 10.1 Å². The lowest BCUT2D eigenvalue weighted by Gasteiger charge is -2.01. The minimum atomic E-state index is -3.61. The van der Waals surface area contributed by atoms with Crippen molar-refractivity contribution in [1.82, 2.24) is 0 Å². The number of nitrogens with zero attached hydrogens (tertiary/aromatic N) is 1. The van der Waals surface area contributed by atoms with E-state index in [1.807, 2.05) is 37.4 Å². The molecule has 2 rings (SSSR count). The molecular weight excluding hydrogens is 284 g/mol. The summed E-state index contributed by atoms with van der Waals surface area (Å²) in [5, 5.41) is 5.05. The molecule has 0 spiro atoms. The number of aryl methyl sites for hydroxylation is 1. The predicted molar refractivity (Wildman–Crippen MR) is 85.2 cm³/mol. The van der Waals surface area contributed by atoms with Crippen molar-refractivity contribution in [2.75, 3.05) is 6.54 Å². The molecule has 0 unspecified atom stereocenters. The Morgan fingerprint density at radius 1 is 1.05 bits per heavy atom. The molecular formula is C16H18N2O2S. The van der Waals surface area contributed by atoms with E-state index in [-0.39, 0.29) is 4.90 Å². The fourth-order valence-corrected chi connectivity index (χ4v) is 2.38. The van der Waals surface area contributed by atoms with Crippen molar-refractivity contribution in [3.05, 3.63) is 65.2 Å². The van der Waals surface area contributed by atoms with Crippen molar-refractivity contribution in [1.29, 1.82) is 0 Å². The van der Waals surface area contributed by atoms with E-state index in [1.165, 1.54) is 17.7 Å². The van der Waals surface area contributed by atoms with Crippen LogP contribution in [0.5, 0.6) is 0 Å². The summed E-state index contributed by atoms with van der Waals surface area (Å²) in [7, 11) is -3.61. The highest BCUT2D eigenvalue weighted by atomic mass is 32.2. The summed E-state index contributed by atoms with van der Waals surface area (Å²) in [4.78, 5) is 4.50. The standard InChI is InChI=1S/C16H18N2O2S/c1-13-2-4-15(5-3-13)12-18-11-10-14-6-8-16(9-7-14)21(17,19)20/h2-9,12H,10-11H2,1H3,(H2,17,19,20). The fourth-order valence-electron chi connectivity index (χ4n) is 1.86. The van der Waals surface area contributed by atoms with Gasteiger partial charge in [0.1, 0.15) is 0 Å². The molecule has 4 nitrogen and oxygen atoms in total. The van der Waals surface area contributed by atoms with Gasteiger partial charge in [-0.05, 0) is 36.6 Å². The van der Waals surface area contributed by atoms with Crippen molar-refractivity contribution >= 4 is 16.2 Å². The largest absolute Gasteiger partial charge is 0.292 e. The molecule has 110 valence electrons. The van der Waals surface area contributed by atoms with Gasteiger partial charge in [0.25, 0.3) is 0 Å². The number of sulfonamides is 1. The maximum atomic E-state index is 11.1. The minimum Gasteiger partial charge on any atom is -0.292 e. The topological polar surface area (TPSA) is 72.5 Å². The van der Waals surface area contributed by atoms with Crippen molar-refractivity contribution < 1.29 is 8.42 Å². The van der Waals surface area contributed by atoms with Gasteiger partial charge in [0, 0.05) is 12.8 Å². The summed E-state index contributed by atoms with van der Waals surface area (Å²) in [5.74, 6) is 0. The first-order valence-corrected chi connectivity index (χ1v) is 8.18. The lowest BCUT2D eigenvalue weighted by molar-refractivity contribution is 0.598. The molecule has 0 atom stereocenters. The average molecular weight is 302 g/mol. The highest BCUT2D eigenvalue weighted by Crippen LogP contribution is 2.09. The molecule has 0 saturated carbocycles. The second-order valence-corrected chi connectivity index (χ2v) is 6.45. The van der Waals surface area contributed by atoms with Crippen LogP contribution in [0, 0.1) is 6.92 Å². The zero-order valence-corrected chi connectivity index (χ0v) is 12.7. The van der Waals surface area contributed by atoms with E-state index in [2.05, 4.69) is 4.99 Å². The summed E-state index contributed by atoms with van der Waals surface area (Å²) >= 11 is 0. The van der Waals surface area contributed by atoms with E-state index in [0.29, 0.717) is 6.54 Å². The Hall–Kier alpha value is -1.98. The lowest BCUT2D eigenvalue weighted by atomic mass is 10.1. The van der Waals surface area contributed by atoms with E-state index in [1.54, 1.807) is 12.1 Å². The smallest absolute Gasteiger partial charge is 0.238 e. The Morgan fingerprint density at radius 3 is 2.24 bits per heavy atom. The van der Waals surface area contributed by atoms with Gasteiger partial charge in [-0.1, -0.05) is 42.0 Å². The van der Waals surface area contributed by atoms with Gasteiger partial charge in [-0.2, -0.15) is 0 Å². The Morgan fingerprint density at radius 2 is 1.67 bits per heavy atom. The molecule has 0 aliphatic heterocycles. The second-order valence-electron chi connectivity index (χ2n) is 4.88. The first kappa shape index (κ1) is 15.4. The molecule has 2 N–H and O–H groups in total. The van der Waals surface area contributed by atoms with Gasteiger partial charge < -0.3 is 0 Å². The van der Waals surface area contributed by atoms with Crippen LogP contribution < -0.4 is 5.14 Å². The van der Waals surface area contributed by atoms with Crippen LogP contribution >= 0.6 is 0 Å². The Kier molecular flexibility index (Phi) is 4.88. The summed E-state index contributed by atoms with van der Waals surface area (Å²) in [5.41, 5.74) is 3.33. The minimum absolute atomic E-state index is 0.134. The molecule has 2 aromatic rings. The molecule has 0 aliphatic rings. The van der Waals surface area contributed by atoms with Gasteiger partial charge in [0.2, 0.25) is 10.0 Å². The van der Waals surface area contributed by atoms with E-state index < -0.39 is 10.0 Å². The van der Waals surface area contributed by atoms with Gasteiger partial charge in [-0.3, -0.25) is 4.99 Å². The number of hydrogen-bond acceptors (Lipinski definition) is 3. The van der Waals surface area contributed by atoms with Gasteiger partial charge in [-0.25, -0.2) is 13.6 Å². The van der Waals surface area contributed by atoms with Crippen LogP contribution in [0.15, 0.2) is 58.4 Å². The SMILES string of the molecule is Cc1ccc(C=NCCc2ccc(S(N)(=O)=O)cc2)cc1. The summed E-state index contributed by atoms with van der Waals surface area (Å²) in [6, 6.07) is 14.7. The molecule has 0 fully saturated rings.